The van der Waals surface area contributed by atoms with E-state index in [1.165, 1.54) is 54.7 Å². The number of morpholine rings is 1. The number of ether oxygens (including phenoxy) is 2. The Labute approximate surface area is 281 Å². The van der Waals surface area contributed by atoms with Crippen LogP contribution >= 0.6 is 11.6 Å². The highest BCUT2D eigenvalue weighted by Gasteiger charge is 2.29. The predicted octanol–water partition coefficient (Wildman–Crippen LogP) is 5.47. The summed E-state index contributed by atoms with van der Waals surface area (Å²) in [6.45, 7) is 1.17. The van der Waals surface area contributed by atoms with E-state index in [9.17, 15) is 18.4 Å². The van der Waals surface area contributed by atoms with Gasteiger partial charge in [-0.2, -0.15) is 0 Å². The molecule has 0 spiro atoms. The fraction of sp³-hybridized carbons (Fsp3) is 0.286. The number of nitrogens with zero attached hydrogens (tertiary/aromatic N) is 1. The first-order valence-electron chi connectivity index (χ1n) is 15.4. The first-order chi connectivity index (χ1) is 23.2. The zero-order chi connectivity index (χ0) is 34.0. The molecule has 252 valence electrons. The number of nitrogens with two attached hydrogens (primary N) is 1. The number of hydrogen-bond acceptors (Lipinski definition) is 7. The van der Waals surface area contributed by atoms with Crippen molar-refractivity contribution in [1.29, 1.82) is 0 Å². The Morgan fingerprint density at radius 3 is 2.27 bits per heavy atom. The summed E-state index contributed by atoms with van der Waals surface area (Å²) in [7, 11) is 0. The van der Waals surface area contributed by atoms with Crippen LogP contribution in [0.25, 0.3) is 0 Å². The SMILES string of the molecule is NC(C(=O)Nc1cncc(F)c1CC[C@@H]1CNC[C@@H](COC(=O)NCc2ccccc2Cl)O1)C(c1ccc(F)cc1)c1ccc(F)cc1. The maximum Gasteiger partial charge on any atom is 0.407 e. The molecule has 3 atom stereocenters. The summed E-state index contributed by atoms with van der Waals surface area (Å²) in [5.74, 6) is -2.93. The molecule has 1 aliphatic rings. The van der Waals surface area contributed by atoms with Gasteiger partial charge in [0.15, 0.2) is 0 Å². The van der Waals surface area contributed by atoms with Gasteiger partial charge in [0, 0.05) is 36.1 Å². The van der Waals surface area contributed by atoms with E-state index in [-0.39, 0.29) is 36.9 Å². The van der Waals surface area contributed by atoms with Gasteiger partial charge in [-0.25, -0.2) is 18.0 Å². The van der Waals surface area contributed by atoms with Gasteiger partial charge < -0.3 is 31.2 Å². The molecule has 48 heavy (non-hydrogen) atoms. The van der Waals surface area contributed by atoms with Crippen molar-refractivity contribution < 1.29 is 32.2 Å². The van der Waals surface area contributed by atoms with Gasteiger partial charge in [0.05, 0.1) is 30.2 Å². The number of aromatic nitrogens is 1. The minimum absolute atomic E-state index is 0.00392. The van der Waals surface area contributed by atoms with Crippen LogP contribution < -0.4 is 21.7 Å². The smallest absolute Gasteiger partial charge is 0.407 e. The van der Waals surface area contributed by atoms with Gasteiger partial charge in [0.2, 0.25) is 5.91 Å². The van der Waals surface area contributed by atoms with Crippen LogP contribution in [-0.2, 0) is 27.2 Å². The number of hydrogen-bond donors (Lipinski definition) is 4. The minimum Gasteiger partial charge on any atom is -0.447 e. The molecule has 1 aliphatic heterocycles. The molecule has 3 aromatic carbocycles. The minimum atomic E-state index is -1.20. The van der Waals surface area contributed by atoms with Crippen molar-refractivity contribution in [2.45, 2.75) is 43.6 Å². The van der Waals surface area contributed by atoms with E-state index in [2.05, 4.69) is 20.9 Å². The van der Waals surface area contributed by atoms with Gasteiger partial charge in [0.25, 0.3) is 0 Å². The van der Waals surface area contributed by atoms with Crippen molar-refractivity contribution in [1.82, 2.24) is 15.6 Å². The van der Waals surface area contributed by atoms with Crippen molar-refractivity contribution in [3.63, 3.8) is 0 Å². The van der Waals surface area contributed by atoms with Gasteiger partial charge >= 0.3 is 6.09 Å². The average Bonchev–Trinajstić information content (AvgIpc) is 3.08. The second-order valence-electron chi connectivity index (χ2n) is 11.4. The van der Waals surface area contributed by atoms with Gasteiger partial charge in [-0.1, -0.05) is 54.1 Å². The Morgan fingerprint density at radius 1 is 0.958 bits per heavy atom. The van der Waals surface area contributed by atoms with Crippen LogP contribution in [0.4, 0.5) is 23.7 Å². The van der Waals surface area contributed by atoms with E-state index >= 15 is 4.39 Å². The summed E-state index contributed by atoms with van der Waals surface area (Å²) in [6.07, 6.45) is 1.60. The third-order valence-corrected chi connectivity index (χ3v) is 8.38. The number of alkyl carbamates (subject to hydrolysis) is 1. The molecule has 2 amide bonds. The van der Waals surface area contributed by atoms with Crippen LogP contribution in [0.15, 0.2) is 85.2 Å². The van der Waals surface area contributed by atoms with E-state index in [1.54, 1.807) is 18.2 Å². The molecule has 2 heterocycles. The Bertz CT molecular complexity index is 1650. The number of halogens is 4. The van der Waals surface area contributed by atoms with Crippen molar-refractivity contribution in [3.8, 4) is 0 Å². The van der Waals surface area contributed by atoms with Crippen molar-refractivity contribution in [2.24, 2.45) is 5.73 Å². The highest BCUT2D eigenvalue weighted by molar-refractivity contribution is 6.31. The number of carbonyl (C=O) groups is 2. The maximum absolute atomic E-state index is 15.1. The fourth-order valence-corrected chi connectivity index (χ4v) is 5.72. The van der Waals surface area contributed by atoms with Crippen LogP contribution in [0.1, 0.15) is 34.6 Å². The summed E-state index contributed by atoms with van der Waals surface area (Å²) in [5.41, 5.74) is 8.66. The Kier molecular flexibility index (Phi) is 12.0. The number of rotatable bonds is 12. The zero-order valence-corrected chi connectivity index (χ0v) is 26.6. The third kappa shape index (κ3) is 9.32. The average molecular weight is 682 g/mol. The number of pyridine rings is 1. The van der Waals surface area contributed by atoms with Gasteiger partial charge in [0.1, 0.15) is 30.2 Å². The van der Waals surface area contributed by atoms with Crippen LogP contribution in [0.2, 0.25) is 5.02 Å². The van der Waals surface area contributed by atoms with Gasteiger partial charge in [-0.3, -0.25) is 9.78 Å². The van der Waals surface area contributed by atoms with Crippen molar-refractivity contribution in [3.05, 3.63) is 130 Å². The molecule has 1 unspecified atom stereocenters. The van der Waals surface area contributed by atoms with E-state index in [1.807, 2.05) is 6.07 Å². The maximum atomic E-state index is 15.1. The molecule has 0 aliphatic carbocycles. The van der Waals surface area contributed by atoms with Crippen molar-refractivity contribution >= 4 is 29.3 Å². The fourth-order valence-electron chi connectivity index (χ4n) is 5.51. The largest absolute Gasteiger partial charge is 0.447 e. The summed E-state index contributed by atoms with van der Waals surface area (Å²) in [4.78, 5) is 29.6. The van der Waals surface area contributed by atoms with Gasteiger partial charge in [-0.05, 0) is 59.9 Å². The topological polar surface area (TPSA) is 128 Å². The lowest BCUT2D eigenvalue weighted by molar-refractivity contribution is -0.117. The molecule has 4 aromatic rings. The molecule has 9 nitrogen and oxygen atoms in total. The molecule has 0 bridgehead atoms. The standard InChI is InChI=1S/C35H35ClF3N5O4/c36-29-4-2-1-3-23(29)15-43-35(46)47-20-27-17-41-16-26(48-27)13-14-28-30(39)18-42-19-31(28)44-34(45)33(40)32(21-5-9-24(37)10-6-21)22-7-11-25(38)12-8-22/h1-12,18-19,26-27,32-33,41H,13-17,20,40H2,(H,43,46)(H,44,45)/t26-,27+,33?/m1/s1. The number of amides is 2. The summed E-state index contributed by atoms with van der Waals surface area (Å²) < 4.78 is 53.9. The predicted molar refractivity (Wildman–Crippen MR) is 175 cm³/mol. The lowest BCUT2D eigenvalue weighted by atomic mass is 9.85. The van der Waals surface area contributed by atoms with E-state index in [0.29, 0.717) is 35.7 Å². The Morgan fingerprint density at radius 2 is 1.60 bits per heavy atom. The van der Waals surface area contributed by atoms with E-state index < -0.39 is 47.5 Å². The second kappa shape index (κ2) is 16.6. The normalized spacial score (nSPS) is 16.7. The Balaban J connectivity index is 1.18. The highest BCUT2D eigenvalue weighted by Crippen LogP contribution is 2.29. The molecular weight excluding hydrogens is 647 g/mol. The summed E-state index contributed by atoms with van der Waals surface area (Å²) >= 11 is 6.13. The molecular formula is C35H35ClF3N5O4. The lowest BCUT2D eigenvalue weighted by Gasteiger charge is -2.31. The van der Waals surface area contributed by atoms with Crippen LogP contribution in [0.3, 0.4) is 0 Å². The van der Waals surface area contributed by atoms with Crippen LogP contribution in [0.5, 0.6) is 0 Å². The molecule has 0 radical (unpaired) electrons. The number of anilines is 1. The second-order valence-corrected chi connectivity index (χ2v) is 11.8. The van der Waals surface area contributed by atoms with E-state index in [0.717, 1.165) is 11.8 Å². The molecule has 5 rings (SSSR count). The molecule has 13 heteroatoms. The lowest BCUT2D eigenvalue weighted by Crippen LogP contribution is -2.47. The number of carbonyl (C=O) groups excluding carboxylic acids is 2. The summed E-state index contributed by atoms with van der Waals surface area (Å²) in [5, 5.41) is 9.15. The van der Waals surface area contributed by atoms with Crippen molar-refractivity contribution in [2.75, 3.05) is 25.0 Å². The molecule has 1 saturated heterocycles. The van der Waals surface area contributed by atoms with Gasteiger partial charge in [-0.15, -0.1) is 0 Å². The highest BCUT2D eigenvalue weighted by atomic mass is 35.5. The first-order valence-corrected chi connectivity index (χ1v) is 15.8. The number of nitrogens with one attached hydrogen (secondary N) is 3. The molecule has 1 fully saturated rings. The Hall–Kier alpha value is -4.49. The van der Waals surface area contributed by atoms with Crippen LogP contribution in [-0.4, -0.2) is 54.9 Å². The number of benzene rings is 3. The molecule has 5 N–H and O–H groups in total. The van der Waals surface area contributed by atoms with E-state index in [4.69, 9.17) is 26.8 Å². The zero-order valence-electron chi connectivity index (χ0n) is 25.8. The molecule has 1 aromatic heterocycles. The molecule has 0 saturated carbocycles. The third-order valence-electron chi connectivity index (χ3n) is 8.01. The van der Waals surface area contributed by atoms with Crippen LogP contribution in [0, 0.1) is 17.5 Å². The monoisotopic (exact) mass is 681 g/mol. The quantitative estimate of drug-likeness (QED) is 0.156. The first kappa shape index (κ1) is 34.8. The summed E-state index contributed by atoms with van der Waals surface area (Å²) in [6, 6.07) is 17.0.